The Balaban J connectivity index is 1.70. The summed E-state index contributed by atoms with van der Waals surface area (Å²) >= 11 is 3.32. The fourth-order valence-corrected chi connectivity index (χ4v) is 4.44. The Morgan fingerprint density at radius 1 is 1.14 bits per heavy atom. The number of aromatic nitrogens is 3. The third kappa shape index (κ3) is 4.93. The molecule has 0 saturated heterocycles. The van der Waals surface area contributed by atoms with Crippen LogP contribution < -0.4 is 11.3 Å². The van der Waals surface area contributed by atoms with Crippen LogP contribution >= 0.6 is 15.9 Å². The Morgan fingerprint density at radius 3 is 2.46 bits per heavy atom. The highest BCUT2D eigenvalue weighted by Crippen LogP contribution is 2.40. The van der Waals surface area contributed by atoms with Crippen LogP contribution in [0.4, 0.5) is 13.6 Å². The van der Waals surface area contributed by atoms with Crippen LogP contribution in [0, 0.1) is 11.6 Å². The van der Waals surface area contributed by atoms with Crippen LogP contribution in [-0.4, -0.2) is 20.6 Å². The molecular weight excluding hydrogens is 522 g/mol. The highest BCUT2D eigenvalue weighted by molar-refractivity contribution is 9.10. The molecule has 178 valence electrons. The predicted molar refractivity (Wildman–Crippen MR) is 128 cm³/mol. The second-order valence-electron chi connectivity index (χ2n) is 8.41. The van der Waals surface area contributed by atoms with E-state index in [-0.39, 0.29) is 28.8 Å². The van der Waals surface area contributed by atoms with Gasteiger partial charge in [0, 0.05) is 23.2 Å². The standard InChI is InChI=1S/C25H19BrF2N4O3/c26-16-10-20-22(30-12-16)31-23(21(35-25(29)34)9-13-7-17(27)11-18(28)8-13)32(24(20)33)19-5-3-15(4-6-19)14-1-2-14/h3-8,10-12,14,21H,1-2,9H2,(H2,29,34)/t21-/m0/s1. The van der Waals surface area contributed by atoms with Crippen LogP contribution in [0.2, 0.25) is 0 Å². The maximum absolute atomic E-state index is 13.8. The molecule has 2 aromatic heterocycles. The number of nitrogens with zero attached hydrogens (tertiary/aromatic N) is 3. The van der Waals surface area contributed by atoms with Crippen LogP contribution in [0.3, 0.4) is 0 Å². The van der Waals surface area contributed by atoms with Gasteiger partial charge in [-0.05, 0) is 76.1 Å². The maximum atomic E-state index is 13.8. The predicted octanol–water partition coefficient (Wildman–Crippen LogP) is 5.08. The van der Waals surface area contributed by atoms with Gasteiger partial charge in [0.1, 0.15) is 11.6 Å². The molecule has 0 unspecified atom stereocenters. The number of rotatable bonds is 6. The molecule has 0 spiro atoms. The first kappa shape index (κ1) is 23.1. The van der Waals surface area contributed by atoms with Gasteiger partial charge in [-0.15, -0.1) is 0 Å². The summed E-state index contributed by atoms with van der Waals surface area (Å²) in [6, 6.07) is 12.0. The molecule has 1 aliphatic carbocycles. The van der Waals surface area contributed by atoms with E-state index in [0.29, 0.717) is 16.1 Å². The third-order valence-corrected chi connectivity index (χ3v) is 6.24. The number of ether oxygens (including phenoxy) is 1. The zero-order valence-corrected chi connectivity index (χ0v) is 19.8. The lowest BCUT2D eigenvalue weighted by Crippen LogP contribution is -2.29. The molecule has 2 N–H and O–H groups in total. The topological polar surface area (TPSA) is 100 Å². The monoisotopic (exact) mass is 540 g/mol. The summed E-state index contributed by atoms with van der Waals surface area (Å²) in [5, 5.41) is 0.240. The fourth-order valence-electron chi connectivity index (χ4n) is 4.11. The van der Waals surface area contributed by atoms with Crippen molar-refractivity contribution in [2.24, 2.45) is 5.73 Å². The third-order valence-electron chi connectivity index (χ3n) is 5.81. The van der Waals surface area contributed by atoms with Gasteiger partial charge >= 0.3 is 6.09 Å². The highest BCUT2D eigenvalue weighted by atomic mass is 79.9. The van der Waals surface area contributed by atoms with Crippen molar-refractivity contribution >= 4 is 33.1 Å². The zero-order valence-electron chi connectivity index (χ0n) is 18.2. The molecule has 1 fully saturated rings. The van der Waals surface area contributed by atoms with E-state index in [2.05, 4.69) is 25.9 Å². The van der Waals surface area contributed by atoms with Crippen molar-refractivity contribution in [1.29, 1.82) is 0 Å². The number of primary amides is 1. The Kier molecular flexibility index (Phi) is 6.06. The molecule has 4 aromatic rings. The van der Waals surface area contributed by atoms with Crippen LogP contribution in [0.5, 0.6) is 0 Å². The lowest BCUT2D eigenvalue weighted by Gasteiger charge is -2.21. The number of pyridine rings is 1. The van der Waals surface area contributed by atoms with E-state index in [1.165, 1.54) is 16.3 Å². The second-order valence-corrected chi connectivity index (χ2v) is 9.32. The number of benzene rings is 2. The first-order chi connectivity index (χ1) is 16.8. The maximum Gasteiger partial charge on any atom is 0.405 e. The molecule has 10 heteroatoms. The molecule has 1 atom stereocenters. The molecule has 7 nitrogen and oxygen atoms in total. The van der Waals surface area contributed by atoms with Crippen molar-refractivity contribution < 1.29 is 18.3 Å². The van der Waals surface area contributed by atoms with E-state index < -0.39 is 29.4 Å². The van der Waals surface area contributed by atoms with Crippen LogP contribution in [-0.2, 0) is 11.2 Å². The van der Waals surface area contributed by atoms with Gasteiger partial charge in [0.15, 0.2) is 17.6 Å². The molecule has 0 aliphatic heterocycles. The lowest BCUT2D eigenvalue weighted by atomic mass is 10.1. The molecule has 1 aliphatic rings. The molecule has 1 amide bonds. The van der Waals surface area contributed by atoms with Crippen LogP contribution in [0.15, 0.2) is 64.0 Å². The largest absolute Gasteiger partial charge is 0.438 e. The summed E-state index contributed by atoms with van der Waals surface area (Å²) in [5.74, 6) is -1.03. The number of hydrogen-bond acceptors (Lipinski definition) is 5. The van der Waals surface area contributed by atoms with Gasteiger partial charge in [-0.3, -0.25) is 9.36 Å². The van der Waals surface area contributed by atoms with Crippen molar-refractivity contribution in [2.75, 3.05) is 0 Å². The Hall–Kier alpha value is -3.66. The van der Waals surface area contributed by atoms with E-state index in [9.17, 15) is 18.4 Å². The van der Waals surface area contributed by atoms with Gasteiger partial charge in [0.05, 0.1) is 11.1 Å². The summed E-state index contributed by atoms with van der Waals surface area (Å²) in [4.78, 5) is 34.2. The molecule has 0 radical (unpaired) electrons. The van der Waals surface area contributed by atoms with Gasteiger partial charge in [-0.2, -0.15) is 0 Å². The summed E-state index contributed by atoms with van der Waals surface area (Å²) in [7, 11) is 0. The molecule has 2 heterocycles. The van der Waals surface area contributed by atoms with Crippen molar-refractivity contribution in [3.63, 3.8) is 0 Å². The van der Waals surface area contributed by atoms with Gasteiger partial charge in [-0.25, -0.2) is 23.5 Å². The van der Waals surface area contributed by atoms with Gasteiger partial charge in [-0.1, -0.05) is 12.1 Å². The summed E-state index contributed by atoms with van der Waals surface area (Å²) in [6.45, 7) is 0. The van der Waals surface area contributed by atoms with E-state index in [4.69, 9.17) is 10.5 Å². The van der Waals surface area contributed by atoms with Crippen molar-refractivity contribution in [2.45, 2.75) is 31.3 Å². The number of amides is 1. The summed E-state index contributed by atoms with van der Waals surface area (Å²) < 4.78 is 34.9. The highest BCUT2D eigenvalue weighted by Gasteiger charge is 2.27. The molecule has 35 heavy (non-hydrogen) atoms. The minimum atomic E-state index is -1.22. The van der Waals surface area contributed by atoms with E-state index in [0.717, 1.165) is 31.0 Å². The quantitative estimate of drug-likeness (QED) is 0.367. The molecule has 0 bridgehead atoms. The second kappa shape index (κ2) is 9.18. The average Bonchev–Trinajstić information content (AvgIpc) is 3.64. The van der Waals surface area contributed by atoms with Crippen molar-refractivity contribution in [3.05, 3.63) is 98.1 Å². The normalized spacial score (nSPS) is 14.1. The number of carbonyl (C=O) groups excluding carboxylic acids is 1. The van der Waals surface area contributed by atoms with Crippen molar-refractivity contribution in [3.8, 4) is 5.69 Å². The SMILES string of the molecule is NC(=O)O[C@@H](Cc1cc(F)cc(F)c1)c1nc2ncc(Br)cc2c(=O)n1-c1ccc(C2CC2)cc1. The number of nitrogens with two attached hydrogens (primary N) is 1. The fraction of sp³-hybridized carbons (Fsp3) is 0.200. The first-order valence-corrected chi connectivity index (χ1v) is 11.7. The van der Waals surface area contributed by atoms with Gasteiger partial charge in [0.2, 0.25) is 0 Å². The molecule has 5 rings (SSSR count). The van der Waals surface area contributed by atoms with Gasteiger partial charge < -0.3 is 10.5 Å². The van der Waals surface area contributed by atoms with E-state index in [1.807, 2.05) is 12.1 Å². The Labute approximate surface area is 206 Å². The number of hydrogen-bond donors (Lipinski definition) is 1. The van der Waals surface area contributed by atoms with Crippen molar-refractivity contribution in [1.82, 2.24) is 14.5 Å². The number of fused-ring (bicyclic) bond motifs is 1. The Bertz CT molecular complexity index is 1480. The number of halogens is 3. The molecular formula is C25H19BrF2N4O3. The first-order valence-electron chi connectivity index (χ1n) is 10.9. The summed E-state index contributed by atoms with van der Waals surface area (Å²) in [5.41, 5.74) is 6.86. The number of carbonyl (C=O) groups is 1. The van der Waals surface area contributed by atoms with Gasteiger partial charge in [0.25, 0.3) is 5.56 Å². The van der Waals surface area contributed by atoms with E-state index in [1.54, 1.807) is 18.2 Å². The van der Waals surface area contributed by atoms with Crippen LogP contribution in [0.25, 0.3) is 16.7 Å². The average molecular weight is 541 g/mol. The lowest BCUT2D eigenvalue weighted by molar-refractivity contribution is 0.1000. The van der Waals surface area contributed by atoms with E-state index >= 15 is 0 Å². The minimum Gasteiger partial charge on any atom is -0.438 e. The molecule has 2 aromatic carbocycles. The smallest absolute Gasteiger partial charge is 0.405 e. The Morgan fingerprint density at radius 2 is 1.83 bits per heavy atom. The zero-order chi connectivity index (χ0) is 24.7. The summed E-state index contributed by atoms with van der Waals surface area (Å²) in [6.07, 6.45) is 1.21. The molecule has 1 saturated carbocycles. The van der Waals surface area contributed by atoms with Crippen LogP contribution in [0.1, 0.15) is 41.8 Å². The minimum absolute atomic E-state index is 0.0277.